The Morgan fingerprint density at radius 1 is 1.03 bits per heavy atom. The minimum atomic E-state index is -1.90. The molecule has 0 aliphatic rings. The van der Waals surface area contributed by atoms with Gasteiger partial charge in [0.25, 0.3) is 0 Å². The Morgan fingerprint density at radius 3 is 2.53 bits per heavy atom. The van der Waals surface area contributed by atoms with Crippen molar-refractivity contribution >= 4 is 24.4 Å². The van der Waals surface area contributed by atoms with E-state index in [0.717, 1.165) is 47.6 Å². The first kappa shape index (κ1) is 22.6. The topological polar surface area (TPSA) is 61.7 Å². The molecular weight excluding hydrogens is 400 g/mol. The van der Waals surface area contributed by atoms with Gasteiger partial charge in [-0.25, -0.2) is 4.39 Å². The van der Waals surface area contributed by atoms with Crippen molar-refractivity contribution < 1.29 is 19.2 Å². The summed E-state index contributed by atoms with van der Waals surface area (Å²) in [4.78, 5) is 10.2. The fourth-order valence-electron chi connectivity index (χ4n) is 3.74. The molecule has 3 N–H and O–H groups in total. The average Bonchev–Trinajstić information content (AvgIpc) is 2.73. The van der Waals surface area contributed by atoms with Crippen molar-refractivity contribution in [3.63, 3.8) is 0 Å². The lowest BCUT2D eigenvalue weighted by atomic mass is 10.0. The molecule has 0 amide bonds. The van der Waals surface area contributed by atoms with Gasteiger partial charge in [-0.15, -0.1) is 0 Å². The van der Waals surface area contributed by atoms with Crippen molar-refractivity contribution in [3.05, 3.63) is 65.0 Å². The molecule has 1 unspecified atom stereocenters. The summed E-state index contributed by atoms with van der Waals surface area (Å²) >= 11 is 0. The van der Waals surface area contributed by atoms with Crippen LogP contribution < -0.4 is 15.3 Å². The van der Waals surface area contributed by atoms with Gasteiger partial charge in [0.05, 0.1) is 0 Å². The van der Waals surface area contributed by atoms with E-state index >= 15 is 0 Å². The maximum Gasteiger partial charge on any atom is 0.157 e. The maximum atomic E-state index is 14.6. The van der Waals surface area contributed by atoms with Gasteiger partial charge in [-0.3, -0.25) is 0 Å². The molecule has 0 saturated heterocycles. The van der Waals surface area contributed by atoms with E-state index < -0.39 is 8.30 Å². The number of rotatable bonds is 9. The van der Waals surface area contributed by atoms with Gasteiger partial charge in [-0.2, -0.15) is 5.25 Å². The SMILES string of the molecule is CCCCCCc1ccc(Oc2c(C)cc(P(O)NO)c3cccc(C)c23)cc1F. The van der Waals surface area contributed by atoms with E-state index in [4.69, 9.17) is 4.74 Å². The fraction of sp³-hybridized carbons (Fsp3) is 0.333. The standard InChI is InChI=1S/C24H29FNO3P/c1-4-5-6-7-10-18-12-13-19(15-21(18)25)29-24-17(3)14-22(30(28)26-27)20-11-8-9-16(2)23(20)24/h8-9,11-15,26-28H,4-7,10H2,1-3H3. The summed E-state index contributed by atoms with van der Waals surface area (Å²) in [5.41, 5.74) is 2.49. The molecule has 3 rings (SSSR count). The number of hydrogen-bond donors (Lipinski definition) is 3. The maximum absolute atomic E-state index is 14.6. The van der Waals surface area contributed by atoms with Crippen molar-refractivity contribution in [1.82, 2.24) is 5.25 Å². The smallest absolute Gasteiger partial charge is 0.157 e. The van der Waals surface area contributed by atoms with Gasteiger partial charge in [0.2, 0.25) is 0 Å². The van der Waals surface area contributed by atoms with Gasteiger partial charge in [0.1, 0.15) is 17.3 Å². The van der Waals surface area contributed by atoms with Gasteiger partial charge < -0.3 is 14.8 Å². The number of fused-ring (bicyclic) bond motifs is 1. The van der Waals surface area contributed by atoms with Crippen LogP contribution in [-0.4, -0.2) is 10.1 Å². The highest BCUT2D eigenvalue weighted by molar-refractivity contribution is 7.58. The lowest BCUT2D eigenvalue weighted by molar-refractivity contribution is 0.242. The van der Waals surface area contributed by atoms with Crippen LogP contribution >= 0.6 is 8.30 Å². The Bertz CT molecular complexity index is 1020. The quantitative estimate of drug-likeness (QED) is 0.209. The van der Waals surface area contributed by atoms with Gasteiger partial charge in [-0.05, 0) is 60.9 Å². The van der Waals surface area contributed by atoms with Crippen molar-refractivity contribution in [2.75, 3.05) is 0 Å². The molecule has 1 atom stereocenters. The molecule has 3 aromatic carbocycles. The van der Waals surface area contributed by atoms with Gasteiger partial charge in [-0.1, -0.05) is 50.5 Å². The number of halogens is 1. The van der Waals surface area contributed by atoms with E-state index in [1.165, 1.54) is 12.5 Å². The number of ether oxygens (including phenoxy) is 1. The molecule has 4 nitrogen and oxygen atoms in total. The van der Waals surface area contributed by atoms with E-state index in [2.05, 4.69) is 6.92 Å². The van der Waals surface area contributed by atoms with E-state index in [-0.39, 0.29) is 5.82 Å². The molecule has 0 saturated carbocycles. The van der Waals surface area contributed by atoms with Crippen LogP contribution in [0.25, 0.3) is 10.8 Å². The Labute approximate surface area is 178 Å². The number of benzene rings is 3. The van der Waals surface area contributed by atoms with Crippen LogP contribution in [-0.2, 0) is 6.42 Å². The molecule has 0 radical (unpaired) electrons. The van der Waals surface area contributed by atoms with E-state index in [1.54, 1.807) is 12.1 Å². The molecule has 3 aromatic rings. The zero-order valence-corrected chi connectivity index (χ0v) is 18.6. The van der Waals surface area contributed by atoms with Gasteiger partial charge >= 0.3 is 0 Å². The molecule has 0 spiro atoms. The second-order valence-corrected chi connectivity index (χ2v) is 8.92. The van der Waals surface area contributed by atoms with Crippen LogP contribution in [0.4, 0.5) is 4.39 Å². The molecule has 6 heteroatoms. The van der Waals surface area contributed by atoms with Crippen LogP contribution in [0.3, 0.4) is 0 Å². The Balaban J connectivity index is 1.94. The third-order valence-corrected chi connectivity index (χ3v) is 6.37. The van der Waals surface area contributed by atoms with Crippen LogP contribution in [0.15, 0.2) is 42.5 Å². The second-order valence-electron chi connectivity index (χ2n) is 7.62. The van der Waals surface area contributed by atoms with E-state index in [9.17, 15) is 14.5 Å². The lowest BCUT2D eigenvalue weighted by Gasteiger charge is -2.19. The highest BCUT2D eigenvalue weighted by Crippen LogP contribution is 2.39. The zero-order valence-electron chi connectivity index (χ0n) is 17.7. The average molecular weight is 429 g/mol. The van der Waals surface area contributed by atoms with Crippen molar-refractivity contribution in [2.45, 2.75) is 52.9 Å². The van der Waals surface area contributed by atoms with Crippen molar-refractivity contribution in [3.8, 4) is 11.5 Å². The van der Waals surface area contributed by atoms with E-state index in [1.807, 2.05) is 43.4 Å². The Morgan fingerprint density at radius 2 is 1.83 bits per heavy atom. The van der Waals surface area contributed by atoms with Gasteiger partial charge in [0.15, 0.2) is 8.30 Å². The van der Waals surface area contributed by atoms with Crippen LogP contribution in [0.5, 0.6) is 11.5 Å². The molecule has 160 valence electrons. The molecule has 0 aliphatic carbocycles. The summed E-state index contributed by atoms with van der Waals surface area (Å²) in [6.45, 7) is 6.00. The summed E-state index contributed by atoms with van der Waals surface area (Å²) in [5, 5.41) is 13.4. The van der Waals surface area contributed by atoms with Crippen LogP contribution in [0, 0.1) is 19.7 Å². The van der Waals surface area contributed by atoms with Crippen molar-refractivity contribution in [2.24, 2.45) is 0 Å². The predicted molar refractivity (Wildman–Crippen MR) is 121 cm³/mol. The van der Waals surface area contributed by atoms with Crippen molar-refractivity contribution in [1.29, 1.82) is 0 Å². The van der Waals surface area contributed by atoms with E-state index in [0.29, 0.717) is 22.4 Å². The Hall–Kier alpha value is -2.04. The number of nitrogens with one attached hydrogen (secondary N) is 1. The lowest BCUT2D eigenvalue weighted by Crippen LogP contribution is -2.13. The first-order valence-electron chi connectivity index (χ1n) is 10.3. The molecule has 0 aliphatic heterocycles. The van der Waals surface area contributed by atoms with Crippen LogP contribution in [0.2, 0.25) is 0 Å². The van der Waals surface area contributed by atoms with Gasteiger partial charge in [0, 0.05) is 16.8 Å². The summed E-state index contributed by atoms with van der Waals surface area (Å²) in [7, 11) is -1.90. The number of unbranched alkanes of at least 4 members (excludes halogenated alkanes) is 3. The molecule has 30 heavy (non-hydrogen) atoms. The largest absolute Gasteiger partial charge is 0.456 e. The summed E-state index contributed by atoms with van der Waals surface area (Å²) in [6, 6.07) is 12.6. The number of aryl methyl sites for hydroxylation is 3. The number of hydrogen-bond acceptors (Lipinski definition) is 4. The molecular formula is C24H29FNO3P. The summed E-state index contributed by atoms with van der Waals surface area (Å²) < 4.78 is 20.8. The predicted octanol–water partition coefficient (Wildman–Crippen LogP) is 6.42. The molecule has 0 heterocycles. The summed E-state index contributed by atoms with van der Waals surface area (Å²) in [6.07, 6.45) is 5.16. The first-order valence-corrected chi connectivity index (χ1v) is 11.6. The Kier molecular flexibility index (Phi) is 7.79. The molecule has 0 fully saturated rings. The molecule has 0 bridgehead atoms. The summed E-state index contributed by atoms with van der Waals surface area (Å²) in [5.74, 6) is 0.822. The normalized spacial score (nSPS) is 12.3. The third-order valence-electron chi connectivity index (χ3n) is 5.35. The minimum absolute atomic E-state index is 0.248. The first-order chi connectivity index (χ1) is 14.5. The highest BCUT2D eigenvalue weighted by atomic mass is 31.2. The second kappa shape index (κ2) is 10.3. The zero-order chi connectivity index (χ0) is 21.7. The monoisotopic (exact) mass is 429 g/mol. The third kappa shape index (κ3) is 4.98. The van der Waals surface area contributed by atoms with Crippen LogP contribution in [0.1, 0.15) is 49.3 Å². The minimum Gasteiger partial charge on any atom is -0.456 e. The molecule has 0 aromatic heterocycles. The highest BCUT2D eigenvalue weighted by Gasteiger charge is 2.18. The fourth-order valence-corrected chi connectivity index (χ4v) is 4.58.